The normalized spacial score (nSPS) is 19.0. The fourth-order valence-corrected chi connectivity index (χ4v) is 5.58. The molecular weight excluding hydrogens is 489 g/mol. The Morgan fingerprint density at radius 3 is 2.68 bits per heavy atom. The number of carbonyl (C=O) groups excluding carboxylic acids is 1. The van der Waals surface area contributed by atoms with Gasteiger partial charge in [-0.25, -0.2) is 9.78 Å². The number of aromatic nitrogens is 2. The van der Waals surface area contributed by atoms with Gasteiger partial charge in [0.2, 0.25) is 0 Å². The Bertz CT molecular complexity index is 1060. The lowest BCUT2D eigenvalue weighted by atomic mass is 10.1. The van der Waals surface area contributed by atoms with Gasteiger partial charge in [0.1, 0.15) is 28.1 Å². The Morgan fingerprint density at radius 2 is 2.12 bits per heavy atom. The summed E-state index contributed by atoms with van der Waals surface area (Å²) < 4.78 is 51.2. The number of ether oxygens (including phenoxy) is 2. The molecule has 0 aliphatic carbocycles. The summed E-state index contributed by atoms with van der Waals surface area (Å²) in [7, 11) is 0. The molecule has 1 aliphatic rings. The van der Waals surface area contributed by atoms with Crippen LogP contribution in [0.4, 0.5) is 18.0 Å². The number of nitrogens with zero attached hydrogens (tertiary/aromatic N) is 4. The van der Waals surface area contributed by atoms with E-state index in [-0.39, 0.29) is 17.2 Å². The number of hydrogen-bond acceptors (Lipinski definition) is 8. The molecule has 1 fully saturated rings. The molecule has 1 aliphatic heterocycles. The third kappa shape index (κ3) is 6.20. The van der Waals surface area contributed by atoms with Crippen molar-refractivity contribution in [1.82, 2.24) is 14.9 Å². The Kier molecular flexibility index (Phi) is 7.50. The topological polar surface area (TPSA) is 88.3 Å². The van der Waals surface area contributed by atoms with Crippen LogP contribution in [0.15, 0.2) is 28.9 Å². The Morgan fingerprint density at radius 1 is 1.41 bits per heavy atom. The van der Waals surface area contributed by atoms with E-state index in [0.717, 1.165) is 28.8 Å². The van der Waals surface area contributed by atoms with E-state index in [1.54, 1.807) is 46.3 Å². The van der Waals surface area contributed by atoms with Crippen LogP contribution in [0.25, 0.3) is 0 Å². The predicted molar refractivity (Wildman–Crippen MR) is 121 cm³/mol. The van der Waals surface area contributed by atoms with Crippen LogP contribution in [-0.4, -0.2) is 44.9 Å². The number of amides is 1. The van der Waals surface area contributed by atoms with Crippen LogP contribution < -0.4 is 0 Å². The fourth-order valence-electron chi connectivity index (χ4n) is 3.50. The van der Waals surface area contributed by atoms with Crippen LogP contribution >= 0.6 is 23.1 Å². The van der Waals surface area contributed by atoms with Gasteiger partial charge in [-0.2, -0.15) is 18.4 Å². The average molecular weight is 515 g/mol. The van der Waals surface area contributed by atoms with Crippen molar-refractivity contribution in [3.05, 3.63) is 40.0 Å². The summed E-state index contributed by atoms with van der Waals surface area (Å²) in [4.78, 5) is 23.1. The second-order valence-corrected chi connectivity index (χ2v) is 11.3. The van der Waals surface area contributed by atoms with Gasteiger partial charge < -0.3 is 9.47 Å². The number of rotatable bonds is 5. The molecule has 7 nitrogen and oxygen atoms in total. The van der Waals surface area contributed by atoms with Gasteiger partial charge >= 0.3 is 12.3 Å². The second-order valence-electron chi connectivity index (χ2n) is 9.17. The number of alkyl halides is 3. The quantitative estimate of drug-likeness (QED) is 0.451. The number of pyridine rings is 1. The molecule has 34 heavy (non-hydrogen) atoms. The van der Waals surface area contributed by atoms with E-state index in [9.17, 15) is 23.2 Å². The molecule has 12 heteroatoms. The zero-order valence-electron chi connectivity index (χ0n) is 19.3. The van der Waals surface area contributed by atoms with Gasteiger partial charge in [-0.3, -0.25) is 9.88 Å². The molecule has 1 amide bonds. The van der Waals surface area contributed by atoms with Crippen LogP contribution in [0.3, 0.4) is 0 Å². The number of thioether (sulfide) groups is 1. The van der Waals surface area contributed by atoms with Crippen LogP contribution in [-0.2, 0) is 15.7 Å². The van der Waals surface area contributed by atoms with E-state index in [4.69, 9.17) is 9.47 Å². The maximum atomic E-state index is 13.3. The van der Waals surface area contributed by atoms with Gasteiger partial charge in [0.25, 0.3) is 0 Å². The first-order chi connectivity index (χ1) is 15.7. The highest BCUT2D eigenvalue weighted by Gasteiger charge is 2.46. The summed E-state index contributed by atoms with van der Waals surface area (Å²) >= 11 is 2.38. The molecule has 0 saturated carbocycles. The first-order valence-corrected chi connectivity index (χ1v) is 12.2. The summed E-state index contributed by atoms with van der Waals surface area (Å²) in [6.45, 7) is 9.04. The number of hydrogen-bond donors (Lipinski definition) is 0. The monoisotopic (exact) mass is 514 g/mol. The average Bonchev–Trinajstić information content (AvgIpc) is 3.33. The van der Waals surface area contributed by atoms with E-state index < -0.39 is 40.6 Å². The molecule has 3 heterocycles. The van der Waals surface area contributed by atoms with Gasteiger partial charge in [0.05, 0.1) is 23.7 Å². The molecule has 1 saturated heterocycles. The summed E-state index contributed by atoms with van der Waals surface area (Å²) in [5.74, 6) is 0. The van der Waals surface area contributed by atoms with Crippen molar-refractivity contribution in [3.63, 3.8) is 0 Å². The highest BCUT2D eigenvalue weighted by Crippen LogP contribution is 2.44. The van der Waals surface area contributed by atoms with Crippen molar-refractivity contribution < 1.29 is 27.4 Å². The highest BCUT2D eigenvalue weighted by molar-refractivity contribution is 7.99. The minimum atomic E-state index is -4.64. The van der Waals surface area contributed by atoms with E-state index in [1.807, 2.05) is 6.07 Å². The minimum Gasteiger partial charge on any atom is -0.444 e. The Hall–Kier alpha value is -2.36. The molecule has 2 aromatic heterocycles. The SMILES string of the molecule is CC(C)(C)OC(=O)N1C(CC(Sc2nc(C(F)(F)F)ccc2C#N)c2cncs2)COC1(C)C. The van der Waals surface area contributed by atoms with Gasteiger partial charge in [0.15, 0.2) is 0 Å². The highest BCUT2D eigenvalue weighted by atomic mass is 32.2. The first kappa shape index (κ1) is 26.2. The van der Waals surface area contributed by atoms with Crippen molar-refractivity contribution in [1.29, 1.82) is 5.26 Å². The molecule has 0 radical (unpaired) electrons. The van der Waals surface area contributed by atoms with Crippen molar-refractivity contribution >= 4 is 29.2 Å². The van der Waals surface area contributed by atoms with Gasteiger partial charge in [-0.15, -0.1) is 11.3 Å². The summed E-state index contributed by atoms with van der Waals surface area (Å²) in [6, 6.07) is 3.41. The maximum absolute atomic E-state index is 13.3. The number of halogens is 3. The molecule has 0 bridgehead atoms. The minimum absolute atomic E-state index is 0.0299. The molecule has 0 aromatic carbocycles. The van der Waals surface area contributed by atoms with Gasteiger partial charge in [0, 0.05) is 16.3 Å². The fraction of sp³-hybridized carbons (Fsp3) is 0.545. The molecular formula is C22H25F3N4O3S2. The van der Waals surface area contributed by atoms with Crippen molar-refractivity contribution in [2.24, 2.45) is 0 Å². The third-order valence-electron chi connectivity index (χ3n) is 4.94. The second kappa shape index (κ2) is 9.71. The zero-order chi connectivity index (χ0) is 25.3. The molecule has 0 N–H and O–H groups in total. The summed E-state index contributed by atoms with van der Waals surface area (Å²) in [6.07, 6.45) is -3.22. The van der Waals surface area contributed by atoms with Crippen LogP contribution in [0.5, 0.6) is 0 Å². The number of nitriles is 1. The van der Waals surface area contributed by atoms with E-state index in [1.165, 1.54) is 16.2 Å². The third-order valence-corrected chi connectivity index (χ3v) is 7.25. The lowest BCUT2D eigenvalue weighted by Gasteiger charge is -2.36. The molecule has 3 rings (SSSR count). The molecule has 0 spiro atoms. The molecule has 2 atom stereocenters. The van der Waals surface area contributed by atoms with Crippen molar-refractivity contribution in [2.75, 3.05) is 6.61 Å². The Balaban J connectivity index is 1.93. The number of thiazole rings is 1. The van der Waals surface area contributed by atoms with Gasteiger partial charge in [-0.1, -0.05) is 11.8 Å². The van der Waals surface area contributed by atoms with Crippen molar-refractivity contribution in [3.8, 4) is 6.07 Å². The lowest BCUT2D eigenvalue weighted by molar-refractivity contribution is -0.141. The molecule has 2 aromatic rings. The van der Waals surface area contributed by atoms with E-state index >= 15 is 0 Å². The molecule has 2 unspecified atom stereocenters. The molecule has 184 valence electrons. The predicted octanol–water partition coefficient (Wildman–Crippen LogP) is 6.02. The largest absolute Gasteiger partial charge is 0.444 e. The lowest BCUT2D eigenvalue weighted by Crippen LogP contribution is -2.50. The van der Waals surface area contributed by atoms with Crippen LogP contribution in [0.2, 0.25) is 0 Å². The van der Waals surface area contributed by atoms with E-state index in [0.29, 0.717) is 6.42 Å². The first-order valence-electron chi connectivity index (χ1n) is 10.4. The summed E-state index contributed by atoms with van der Waals surface area (Å²) in [5, 5.41) is 8.99. The summed E-state index contributed by atoms with van der Waals surface area (Å²) in [5.41, 5.74) is -1.05. The van der Waals surface area contributed by atoms with Crippen molar-refractivity contribution in [2.45, 2.75) is 74.9 Å². The van der Waals surface area contributed by atoms with Gasteiger partial charge in [-0.05, 0) is 53.2 Å². The Labute approximate surface area is 204 Å². The van der Waals surface area contributed by atoms with E-state index in [2.05, 4.69) is 9.97 Å². The van der Waals surface area contributed by atoms with Crippen LogP contribution in [0, 0.1) is 11.3 Å². The standard InChI is InChI=1S/C22H25F3N4O3S2/c1-20(2,3)32-19(30)29-14(11-31-21(29,4)5)8-15(16-10-27-12-33-16)34-18-13(9-26)6-7-17(28-18)22(23,24)25/h6-7,10,12,14-15H,8,11H2,1-5H3. The smallest absolute Gasteiger partial charge is 0.433 e. The maximum Gasteiger partial charge on any atom is 0.433 e. The van der Waals surface area contributed by atoms with Crippen LogP contribution in [0.1, 0.15) is 62.4 Å². The zero-order valence-corrected chi connectivity index (χ0v) is 21.0. The number of carbonyl (C=O) groups is 1.